The fourth-order valence-electron chi connectivity index (χ4n) is 1.73. The minimum absolute atomic E-state index is 0.330. The van der Waals surface area contributed by atoms with E-state index < -0.39 is 0 Å². The van der Waals surface area contributed by atoms with Crippen LogP contribution in [0.15, 0.2) is 22.7 Å². The average Bonchev–Trinajstić information content (AvgIpc) is 2.46. The van der Waals surface area contributed by atoms with Gasteiger partial charge in [-0.2, -0.15) is 0 Å². The Kier molecular flexibility index (Phi) is 2.88. The second-order valence-corrected chi connectivity index (χ2v) is 4.70. The summed E-state index contributed by atoms with van der Waals surface area (Å²) in [5.41, 5.74) is 2.42. The molecule has 0 radical (unpaired) electrons. The van der Waals surface area contributed by atoms with Gasteiger partial charge >= 0.3 is 0 Å². The Morgan fingerprint density at radius 2 is 2.36 bits per heavy atom. The number of anilines is 2. The molecule has 1 aliphatic heterocycles. The summed E-state index contributed by atoms with van der Waals surface area (Å²) in [4.78, 5) is 2.22. The van der Waals surface area contributed by atoms with Crippen molar-refractivity contribution in [2.24, 2.45) is 0 Å². The number of nitrogens with one attached hydrogen (secondary N) is 1. The van der Waals surface area contributed by atoms with Gasteiger partial charge in [0.2, 0.25) is 0 Å². The van der Waals surface area contributed by atoms with Crippen molar-refractivity contribution in [3.05, 3.63) is 22.7 Å². The number of hydrogen-bond donors (Lipinski definition) is 1. The van der Waals surface area contributed by atoms with Gasteiger partial charge in [0.1, 0.15) is 0 Å². The first kappa shape index (κ1) is 10.1. The molecule has 0 aliphatic carbocycles. The molecule has 0 fully saturated rings. The molecule has 1 aromatic rings. The van der Waals surface area contributed by atoms with E-state index in [4.69, 9.17) is 11.6 Å². The molecule has 1 unspecified atom stereocenters. The second-order valence-electron chi connectivity index (χ2n) is 3.41. The van der Waals surface area contributed by atoms with Crippen LogP contribution in [0.3, 0.4) is 0 Å². The molecule has 0 amide bonds. The van der Waals surface area contributed by atoms with E-state index in [1.54, 1.807) is 0 Å². The highest BCUT2D eigenvalue weighted by Gasteiger charge is 2.24. The van der Waals surface area contributed by atoms with Gasteiger partial charge < -0.3 is 10.2 Å². The zero-order valence-electron chi connectivity index (χ0n) is 7.93. The van der Waals surface area contributed by atoms with E-state index in [0.717, 1.165) is 10.9 Å². The number of fused-ring (bicyclic) bond motifs is 1. The monoisotopic (exact) mass is 274 g/mol. The van der Waals surface area contributed by atoms with Crippen molar-refractivity contribution in [3.8, 4) is 0 Å². The van der Waals surface area contributed by atoms with E-state index in [2.05, 4.69) is 45.3 Å². The minimum Gasteiger partial charge on any atom is -0.363 e. The van der Waals surface area contributed by atoms with Crippen LogP contribution in [0, 0.1) is 0 Å². The highest BCUT2D eigenvalue weighted by molar-refractivity contribution is 9.10. The lowest BCUT2D eigenvalue weighted by atomic mass is 10.3. The molecule has 0 spiro atoms. The fraction of sp³-hybridized carbons (Fsp3) is 0.400. The van der Waals surface area contributed by atoms with Gasteiger partial charge in [-0.15, -0.1) is 11.6 Å². The Balaban J connectivity index is 2.27. The third kappa shape index (κ3) is 1.71. The molecule has 0 saturated carbocycles. The molecule has 1 heterocycles. The van der Waals surface area contributed by atoms with E-state index in [1.165, 1.54) is 11.4 Å². The van der Waals surface area contributed by atoms with Crippen LogP contribution in [0.1, 0.15) is 6.42 Å². The largest absolute Gasteiger partial charge is 0.363 e. The summed E-state index contributed by atoms with van der Waals surface area (Å²) in [5, 5.41) is 3.43. The van der Waals surface area contributed by atoms with Gasteiger partial charge in [-0.05, 0) is 24.6 Å². The lowest BCUT2D eigenvalue weighted by molar-refractivity contribution is 0.708. The number of rotatable bonds is 2. The maximum atomic E-state index is 5.75. The SMILES string of the molecule is CN1c2cc(Br)ccc2NC1CCCl. The molecule has 0 saturated heterocycles. The molecule has 76 valence electrons. The molecule has 1 aliphatic rings. The van der Waals surface area contributed by atoms with Crippen molar-refractivity contribution in [1.29, 1.82) is 0 Å². The molecule has 4 heteroatoms. The summed E-state index contributed by atoms with van der Waals surface area (Å²) in [5.74, 6) is 0.678. The van der Waals surface area contributed by atoms with Gasteiger partial charge in [-0.25, -0.2) is 0 Å². The smallest absolute Gasteiger partial charge is 0.0999 e. The van der Waals surface area contributed by atoms with E-state index in [0.29, 0.717) is 12.0 Å². The van der Waals surface area contributed by atoms with Crippen LogP contribution in [0.2, 0.25) is 0 Å². The van der Waals surface area contributed by atoms with Gasteiger partial charge in [-0.1, -0.05) is 15.9 Å². The van der Waals surface area contributed by atoms with Gasteiger partial charge in [0.25, 0.3) is 0 Å². The Bertz CT molecular complexity index is 343. The number of benzene rings is 1. The Morgan fingerprint density at radius 3 is 3.07 bits per heavy atom. The van der Waals surface area contributed by atoms with E-state index >= 15 is 0 Å². The zero-order valence-corrected chi connectivity index (χ0v) is 10.3. The first-order valence-corrected chi connectivity index (χ1v) is 5.90. The number of halogens is 2. The third-order valence-electron chi connectivity index (χ3n) is 2.51. The molecule has 2 rings (SSSR count). The normalized spacial score (nSPS) is 19.4. The summed E-state index contributed by atoms with van der Waals surface area (Å²) in [6.07, 6.45) is 1.28. The van der Waals surface area contributed by atoms with E-state index in [1.807, 2.05) is 6.07 Å². The molecule has 1 aromatic carbocycles. The molecule has 0 bridgehead atoms. The van der Waals surface area contributed by atoms with Crippen LogP contribution >= 0.6 is 27.5 Å². The predicted octanol–water partition coefficient (Wildman–Crippen LogP) is 3.27. The van der Waals surface area contributed by atoms with Crippen LogP contribution < -0.4 is 10.2 Å². The van der Waals surface area contributed by atoms with Crippen molar-refractivity contribution in [2.75, 3.05) is 23.1 Å². The van der Waals surface area contributed by atoms with Crippen molar-refractivity contribution >= 4 is 38.9 Å². The van der Waals surface area contributed by atoms with Crippen LogP contribution in [-0.4, -0.2) is 19.1 Å². The molecule has 1 atom stereocenters. The second kappa shape index (κ2) is 3.99. The molecule has 2 nitrogen and oxygen atoms in total. The number of alkyl halides is 1. The Labute approximate surface area is 97.4 Å². The minimum atomic E-state index is 0.330. The lowest BCUT2D eigenvalue weighted by Crippen LogP contribution is -2.32. The standard InChI is InChI=1S/C10H12BrClN2/c1-14-9-6-7(11)2-3-8(9)13-10(14)4-5-12/h2-3,6,10,13H,4-5H2,1H3. The molecule has 1 N–H and O–H groups in total. The summed E-state index contributed by atoms with van der Waals surface area (Å²) < 4.78 is 1.11. The fourth-order valence-corrected chi connectivity index (χ4v) is 2.29. The lowest BCUT2D eigenvalue weighted by Gasteiger charge is -2.20. The van der Waals surface area contributed by atoms with Gasteiger partial charge in [0.15, 0.2) is 0 Å². The van der Waals surface area contributed by atoms with Crippen LogP contribution in [0.4, 0.5) is 11.4 Å². The van der Waals surface area contributed by atoms with Crippen molar-refractivity contribution in [1.82, 2.24) is 0 Å². The zero-order chi connectivity index (χ0) is 10.1. The van der Waals surface area contributed by atoms with Crippen molar-refractivity contribution in [3.63, 3.8) is 0 Å². The molecular weight excluding hydrogens is 263 g/mol. The van der Waals surface area contributed by atoms with Crippen molar-refractivity contribution < 1.29 is 0 Å². The highest BCUT2D eigenvalue weighted by Crippen LogP contribution is 2.36. The first-order valence-electron chi connectivity index (χ1n) is 4.57. The van der Waals surface area contributed by atoms with Crippen molar-refractivity contribution in [2.45, 2.75) is 12.6 Å². The topological polar surface area (TPSA) is 15.3 Å². The summed E-state index contributed by atoms with van der Waals surface area (Å²) in [6, 6.07) is 6.25. The quantitative estimate of drug-likeness (QED) is 0.834. The van der Waals surface area contributed by atoms with Gasteiger partial charge in [0.05, 0.1) is 17.5 Å². The average molecular weight is 276 g/mol. The van der Waals surface area contributed by atoms with E-state index in [-0.39, 0.29) is 0 Å². The molecular formula is C10H12BrClN2. The Hall–Kier alpha value is -0.410. The first-order chi connectivity index (χ1) is 6.72. The van der Waals surface area contributed by atoms with E-state index in [9.17, 15) is 0 Å². The summed E-state index contributed by atoms with van der Waals surface area (Å²) >= 11 is 9.22. The maximum absolute atomic E-state index is 5.75. The van der Waals surface area contributed by atoms with Gasteiger partial charge in [0, 0.05) is 17.4 Å². The number of nitrogens with zero attached hydrogens (tertiary/aromatic N) is 1. The Morgan fingerprint density at radius 1 is 1.57 bits per heavy atom. The van der Waals surface area contributed by atoms with Crippen LogP contribution in [-0.2, 0) is 0 Å². The summed E-state index contributed by atoms with van der Waals surface area (Å²) in [7, 11) is 2.09. The van der Waals surface area contributed by atoms with Gasteiger partial charge in [-0.3, -0.25) is 0 Å². The summed E-state index contributed by atoms with van der Waals surface area (Å²) in [6.45, 7) is 0. The van der Waals surface area contributed by atoms with Crippen LogP contribution in [0.25, 0.3) is 0 Å². The third-order valence-corrected chi connectivity index (χ3v) is 3.22. The maximum Gasteiger partial charge on any atom is 0.0999 e. The molecule has 14 heavy (non-hydrogen) atoms. The predicted molar refractivity (Wildman–Crippen MR) is 65.3 cm³/mol. The molecule has 0 aromatic heterocycles. The highest BCUT2D eigenvalue weighted by atomic mass is 79.9. The van der Waals surface area contributed by atoms with Crippen LogP contribution in [0.5, 0.6) is 0 Å². The number of hydrogen-bond acceptors (Lipinski definition) is 2.